The summed E-state index contributed by atoms with van der Waals surface area (Å²) in [5.41, 5.74) is 11.6. The van der Waals surface area contributed by atoms with Gasteiger partial charge < -0.3 is 41.5 Å². The van der Waals surface area contributed by atoms with Crippen molar-refractivity contribution in [1.82, 2.24) is 21.3 Å². The number of phenolic OH excluding ortho intramolecular Hbond substituents is 1. The van der Waals surface area contributed by atoms with Gasteiger partial charge in [-0.15, -0.1) is 0 Å². The van der Waals surface area contributed by atoms with Crippen LogP contribution in [0.2, 0.25) is 0 Å². The smallest absolute Gasteiger partial charge is 0.328 e. The van der Waals surface area contributed by atoms with Gasteiger partial charge in [0.25, 0.3) is 0 Å². The highest BCUT2D eigenvalue weighted by Crippen LogP contribution is 2.35. The molecule has 0 aliphatic heterocycles. The summed E-state index contributed by atoms with van der Waals surface area (Å²) in [6.45, 7) is 0.160. The molecular weight excluding hydrogens is 582 g/mol. The van der Waals surface area contributed by atoms with Crippen molar-refractivity contribution < 1.29 is 48.2 Å². The summed E-state index contributed by atoms with van der Waals surface area (Å²) in [6, 6.07) is 11.4. The van der Waals surface area contributed by atoms with E-state index in [1.54, 1.807) is 30.3 Å². The molecular formula is C23H34N6O10P2. The number of nitrogens with one attached hydrogen (secondary N) is 4. The minimum atomic E-state index is -4.84. The van der Waals surface area contributed by atoms with Crippen LogP contribution in [-0.2, 0) is 36.5 Å². The van der Waals surface area contributed by atoms with Gasteiger partial charge in [0.1, 0.15) is 5.75 Å². The second kappa shape index (κ2) is 15.2. The van der Waals surface area contributed by atoms with E-state index >= 15 is 0 Å². The SMILES string of the molecule is NC(=O)C(NC(CP(=O)(O)O)NC(=O)[C@H](Cc1ccc(O)cc1)NC(CP(=O)(O)O)NCc1ccccc1)C(N)=O. The second-order valence-electron chi connectivity index (χ2n) is 9.17. The van der Waals surface area contributed by atoms with E-state index in [1.807, 2.05) is 0 Å². The van der Waals surface area contributed by atoms with Crippen molar-refractivity contribution >= 4 is 32.9 Å². The van der Waals surface area contributed by atoms with Crippen LogP contribution in [-0.4, -0.2) is 79.1 Å². The maximum absolute atomic E-state index is 13.4. The molecule has 2 rings (SSSR count). The molecule has 0 bridgehead atoms. The van der Waals surface area contributed by atoms with E-state index in [0.717, 1.165) is 5.56 Å². The molecule has 18 heteroatoms. The molecule has 0 saturated heterocycles. The van der Waals surface area contributed by atoms with Gasteiger partial charge in [0.05, 0.1) is 30.7 Å². The first-order chi connectivity index (χ1) is 19.0. The largest absolute Gasteiger partial charge is 0.508 e. The Bertz CT molecular complexity index is 1260. The summed E-state index contributed by atoms with van der Waals surface area (Å²) in [4.78, 5) is 75.0. The number of benzene rings is 2. The van der Waals surface area contributed by atoms with E-state index in [4.69, 9.17) is 11.5 Å². The van der Waals surface area contributed by atoms with Gasteiger partial charge in [-0.3, -0.25) is 39.5 Å². The number of carbonyl (C=O) groups excluding carboxylic acids is 3. The van der Waals surface area contributed by atoms with Crippen molar-refractivity contribution in [3.8, 4) is 5.75 Å². The van der Waals surface area contributed by atoms with Crippen molar-refractivity contribution in [2.45, 2.75) is 37.4 Å². The molecule has 3 amide bonds. The Hall–Kier alpha value is -3.17. The van der Waals surface area contributed by atoms with Crippen LogP contribution in [0.3, 0.4) is 0 Å². The number of carbonyl (C=O) groups is 3. The normalized spacial score (nSPS) is 14.3. The molecule has 226 valence electrons. The fourth-order valence-electron chi connectivity index (χ4n) is 3.74. The summed E-state index contributed by atoms with van der Waals surface area (Å²) < 4.78 is 23.6. The van der Waals surface area contributed by atoms with Crippen molar-refractivity contribution in [2.75, 3.05) is 12.3 Å². The van der Waals surface area contributed by atoms with E-state index < -0.39 is 69.7 Å². The zero-order valence-electron chi connectivity index (χ0n) is 21.7. The van der Waals surface area contributed by atoms with Gasteiger partial charge in [-0.2, -0.15) is 0 Å². The van der Waals surface area contributed by atoms with E-state index in [2.05, 4.69) is 21.3 Å². The molecule has 0 aliphatic carbocycles. The van der Waals surface area contributed by atoms with Gasteiger partial charge in [-0.25, -0.2) is 0 Å². The highest BCUT2D eigenvalue weighted by molar-refractivity contribution is 7.52. The highest BCUT2D eigenvalue weighted by atomic mass is 31.2. The third kappa shape index (κ3) is 13.4. The average Bonchev–Trinajstić information content (AvgIpc) is 2.85. The Morgan fingerprint density at radius 2 is 1.29 bits per heavy atom. The lowest BCUT2D eigenvalue weighted by atomic mass is 10.0. The van der Waals surface area contributed by atoms with Crippen LogP contribution in [0.1, 0.15) is 11.1 Å². The van der Waals surface area contributed by atoms with Crippen LogP contribution in [0.4, 0.5) is 0 Å². The monoisotopic (exact) mass is 616 g/mol. The molecule has 0 spiro atoms. The van der Waals surface area contributed by atoms with Gasteiger partial charge >= 0.3 is 15.2 Å². The molecule has 2 aromatic rings. The first kappa shape index (κ1) is 34.0. The van der Waals surface area contributed by atoms with Crippen molar-refractivity contribution in [3.63, 3.8) is 0 Å². The quantitative estimate of drug-likeness (QED) is 0.0509. The number of phenols is 1. The molecule has 0 aromatic heterocycles. The highest BCUT2D eigenvalue weighted by Gasteiger charge is 2.33. The maximum atomic E-state index is 13.4. The van der Waals surface area contributed by atoms with Gasteiger partial charge in [0.15, 0.2) is 6.04 Å². The number of aromatic hydroxyl groups is 1. The topological polar surface area (TPSA) is 287 Å². The lowest BCUT2D eigenvalue weighted by Crippen LogP contribution is -2.62. The van der Waals surface area contributed by atoms with E-state index in [9.17, 15) is 48.2 Å². The zero-order chi connectivity index (χ0) is 30.8. The molecule has 2 aromatic carbocycles. The fraction of sp³-hybridized carbons (Fsp3) is 0.348. The molecule has 0 saturated carbocycles. The van der Waals surface area contributed by atoms with Crippen LogP contribution < -0.4 is 32.7 Å². The summed E-state index contributed by atoms with van der Waals surface area (Å²) in [5.74, 6) is -3.49. The molecule has 2 unspecified atom stereocenters. The minimum Gasteiger partial charge on any atom is -0.508 e. The number of rotatable bonds is 17. The third-order valence-corrected chi connectivity index (χ3v) is 7.27. The molecule has 13 N–H and O–H groups in total. The van der Waals surface area contributed by atoms with Crippen molar-refractivity contribution in [2.24, 2.45) is 11.5 Å². The Morgan fingerprint density at radius 1 is 0.756 bits per heavy atom. The molecule has 0 fully saturated rings. The summed E-state index contributed by atoms with van der Waals surface area (Å²) in [5, 5.41) is 19.9. The molecule has 3 atom stereocenters. The van der Waals surface area contributed by atoms with Gasteiger partial charge in [0, 0.05) is 6.54 Å². The molecule has 0 heterocycles. The van der Waals surface area contributed by atoms with Crippen molar-refractivity contribution in [3.05, 3.63) is 65.7 Å². The number of hydrogen-bond acceptors (Lipinski definition) is 9. The standard InChI is InChI=1S/C23H34N6O10P2/c24-21(31)20(22(25)32)28-19(13-41(37,38)39)29-23(33)17(10-14-6-8-16(30)9-7-14)27-18(12-40(34,35)36)26-11-15-4-2-1-3-5-15/h1-9,17-20,26-28,30H,10-13H2,(H2,24,31)(H2,25,32)(H,29,33)(H2,34,35,36)(H2,37,38,39)/t17-,18?,19?/m0/s1. The lowest BCUT2D eigenvalue weighted by Gasteiger charge is -2.29. The first-order valence-corrected chi connectivity index (χ1v) is 15.7. The Morgan fingerprint density at radius 3 is 1.80 bits per heavy atom. The lowest BCUT2D eigenvalue weighted by molar-refractivity contribution is -0.130. The van der Waals surface area contributed by atoms with Gasteiger partial charge in [-0.05, 0) is 29.7 Å². The predicted molar refractivity (Wildman–Crippen MR) is 147 cm³/mol. The number of nitrogens with two attached hydrogens (primary N) is 2. The van der Waals surface area contributed by atoms with Crippen LogP contribution in [0.25, 0.3) is 0 Å². The summed E-state index contributed by atoms with van der Waals surface area (Å²) >= 11 is 0. The molecule has 0 aliphatic rings. The molecule has 41 heavy (non-hydrogen) atoms. The Balaban J connectivity index is 2.36. The maximum Gasteiger partial charge on any atom is 0.328 e. The Labute approximate surface area is 235 Å². The predicted octanol–water partition coefficient (Wildman–Crippen LogP) is -2.26. The number of primary amides is 2. The molecule has 16 nitrogen and oxygen atoms in total. The van der Waals surface area contributed by atoms with Crippen LogP contribution in [0.15, 0.2) is 54.6 Å². The zero-order valence-corrected chi connectivity index (χ0v) is 23.4. The van der Waals surface area contributed by atoms with E-state index in [0.29, 0.717) is 5.56 Å². The average molecular weight is 617 g/mol. The van der Waals surface area contributed by atoms with E-state index in [1.165, 1.54) is 24.3 Å². The van der Waals surface area contributed by atoms with Gasteiger partial charge in [-0.1, -0.05) is 42.5 Å². The number of amides is 3. The van der Waals surface area contributed by atoms with Gasteiger partial charge in [0.2, 0.25) is 17.7 Å². The minimum absolute atomic E-state index is 0.0542. The number of hydrogen-bond donors (Lipinski definition) is 11. The van der Waals surface area contributed by atoms with Crippen LogP contribution in [0.5, 0.6) is 5.75 Å². The Kier molecular flexibility index (Phi) is 12.6. The van der Waals surface area contributed by atoms with Crippen LogP contribution in [0, 0.1) is 0 Å². The molecule has 0 radical (unpaired) electrons. The van der Waals surface area contributed by atoms with Crippen molar-refractivity contribution in [1.29, 1.82) is 0 Å². The third-order valence-electron chi connectivity index (χ3n) is 5.58. The second-order valence-corrected chi connectivity index (χ2v) is 12.6. The first-order valence-electron chi connectivity index (χ1n) is 12.1. The fourth-order valence-corrected chi connectivity index (χ4v) is 5.13. The summed E-state index contributed by atoms with van der Waals surface area (Å²) in [7, 11) is -9.46. The van der Waals surface area contributed by atoms with Crippen LogP contribution >= 0.6 is 15.2 Å². The summed E-state index contributed by atoms with van der Waals surface area (Å²) in [6.07, 6.45) is -4.71. The van der Waals surface area contributed by atoms with E-state index in [-0.39, 0.29) is 18.7 Å².